The number of nitrogen functional groups attached to an aromatic ring is 1. The van der Waals surface area contributed by atoms with Crippen molar-refractivity contribution in [3.63, 3.8) is 0 Å². The molecule has 0 saturated carbocycles. The molecule has 0 aliphatic rings. The minimum absolute atomic E-state index is 0.0287. The Bertz CT molecular complexity index is 841. The number of hydrogen-bond acceptors (Lipinski definition) is 5. The van der Waals surface area contributed by atoms with E-state index < -0.39 is 0 Å². The molecule has 3 rings (SSSR count). The van der Waals surface area contributed by atoms with Crippen LogP contribution in [0.2, 0.25) is 0 Å². The van der Waals surface area contributed by atoms with Gasteiger partial charge in [-0.05, 0) is 37.6 Å². The molecular formula is C17H16N2O2S. The van der Waals surface area contributed by atoms with Crippen LogP contribution in [-0.4, -0.2) is 17.4 Å². The number of carbonyl (C=O) groups excluding carboxylic acids is 1. The van der Waals surface area contributed by atoms with Gasteiger partial charge in [0.05, 0.1) is 10.6 Å². The largest absolute Gasteiger partial charge is 0.485 e. The van der Waals surface area contributed by atoms with E-state index in [1.807, 2.05) is 50.2 Å². The van der Waals surface area contributed by atoms with Crippen molar-refractivity contribution in [1.82, 2.24) is 4.98 Å². The summed E-state index contributed by atoms with van der Waals surface area (Å²) < 4.78 is 5.51. The van der Waals surface area contributed by atoms with Gasteiger partial charge >= 0.3 is 0 Å². The average molecular weight is 312 g/mol. The van der Waals surface area contributed by atoms with Crippen LogP contribution in [0.3, 0.4) is 0 Å². The number of nitrogens with two attached hydrogens (primary N) is 1. The second kappa shape index (κ2) is 5.77. The Morgan fingerprint density at radius 3 is 2.73 bits per heavy atom. The Hall–Kier alpha value is -2.40. The minimum Gasteiger partial charge on any atom is -0.485 e. The fourth-order valence-corrected chi connectivity index (χ4v) is 3.55. The van der Waals surface area contributed by atoms with E-state index in [4.69, 9.17) is 10.5 Å². The third-order valence-electron chi connectivity index (χ3n) is 3.39. The molecule has 2 N–H and O–H groups in total. The van der Waals surface area contributed by atoms with Gasteiger partial charge in [0.1, 0.15) is 10.6 Å². The number of aromatic nitrogens is 1. The summed E-state index contributed by atoms with van der Waals surface area (Å²) in [6.07, 6.45) is 0. The number of fused-ring (bicyclic) bond motifs is 1. The maximum atomic E-state index is 12.4. The first kappa shape index (κ1) is 14.5. The number of hydrogen-bond donors (Lipinski definition) is 1. The monoisotopic (exact) mass is 312 g/mol. The van der Waals surface area contributed by atoms with Gasteiger partial charge in [-0.3, -0.25) is 4.79 Å². The molecule has 4 nitrogen and oxygen atoms in total. The van der Waals surface area contributed by atoms with Gasteiger partial charge in [0.2, 0.25) is 5.78 Å². The van der Waals surface area contributed by atoms with Crippen LogP contribution >= 0.6 is 11.3 Å². The van der Waals surface area contributed by atoms with Gasteiger partial charge in [0.25, 0.3) is 0 Å². The maximum Gasteiger partial charge on any atom is 0.212 e. The highest BCUT2D eigenvalue weighted by Crippen LogP contribution is 2.35. The zero-order chi connectivity index (χ0) is 15.7. The highest BCUT2D eigenvalue weighted by molar-refractivity contribution is 7.21. The molecule has 0 atom stereocenters. The van der Waals surface area contributed by atoms with E-state index in [2.05, 4.69) is 4.98 Å². The Morgan fingerprint density at radius 2 is 2.00 bits per heavy atom. The van der Waals surface area contributed by atoms with Crippen LogP contribution < -0.4 is 10.5 Å². The molecule has 5 heteroatoms. The number of anilines is 1. The van der Waals surface area contributed by atoms with Gasteiger partial charge in [0.15, 0.2) is 6.61 Å². The summed E-state index contributed by atoms with van der Waals surface area (Å²) in [4.78, 5) is 18.2. The van der Waals surface area contributed by atoms with Gasteiger partial charge in [-0.2, -0.15) is 0 Å². The predicted molar refractivity (Wildman–Crippen MR) is 89.8 cm³/mol. The van der Waals surface area contributed by atoms with Gasteiger partial charge in [-0.15, -0.1) is 11.3 Å². The number of aryl methyl sites for hydroxylation is 2. The lowest BCUT2D eigenvalue weighted by Gasteiger charge is -2.04. The number of rotatable bonds is 4. The second-order valence-electron chi connectivity index (χ2n) is 5.13. The van der Waals surface area contributed by atoms with Crippen LogP contribution in [0.15, 0.2) is 36.4 Å². The first-order valence-corrected chi connectivity index (χ1v) is 7.75. The van der Waals surface area contributed by atoms with Gasteiger partial charge in [-0.25, -0.2) is 4.98 Å². The molecule has 0 fully saturated rings. The third-order valence-corrected chi connectivity index (χ3v) is 4.53. The van der Waals surface area contributed by atoms with Gasteiger partial charge in [-0.1, -0.05) is 18.2 Å². The maximum absolute atomic E-state index is 12.4. The van der Waals surface area contributed by atoms with Crippen molar-refractivity contribution in [2.75, 3.05) is 12.3 Å². The van der Waals surface area contributed by atoms with E-state index in [0.29, 0.717) is 16.3 Å². The van der Waals surface area contributed by atoms with Crippen molar-refractivity contribution < 1.29 is 9.53 Å². The molecule has 112 valence electrons. The fourth-order valence-electron chi connectivity index (χ4n) is 2.41. The topological polar surface area (TPSA) is 65.2 Å². The molecule has 0 unspecified atom stereocenters. The molecule has 0 aliphatic carbocycles. The molecule has 2 heterocycles. The van der Waals surface area contributed by atoms with Gasteiger partial charge < -0.3 is 10.5 Å². The minimum atomic E-state index is -0.124. The van der Waals surface area contributed by atoms with Crippen LogP contribution in [-0.2, 0) is 0 Å². The number of carbonyl (C=O) groups is 1. The predicted octanol–water partition coefficient (Wildman–Crippen LogP) is 3.76. The van der Waals surface area contributed by atoms with Crippen LogP contribution in [0.25, 0.3) is 10.2 Å². The summed E-state index contributed by atoms with van der Waals surface area (Å²) >= 11 is 1.33. The van der Waals surface area contributed by atoms with Crippen LogP contribution in [0.5, 0.6) is 5.75 Å². The Labute approximate surface area is 132 Å². The number of ether oxygens (including phenoxy) is 1. The normalized spacial score (nSPS) is 10.8. The van der Waals surface area contributed by atoms with Crippen molar-refractivity contribution in [1.29, 1.82) is 0 Å². The molecule has 1 aromatic carbocycles. The number of para-hydroxylation sites is 1. The lowest BCUT2D eigenvalue weighted by molar-refractivity contribution is 0.0926. The standard InChI is InChI=1S/C17H16N2O2S/c1-10-8-11(2)19-17-14(10)15(18)16(22-17)13(20)9-21-12-6-4-3-5-7-12/h3-8H,9,18H2,1-2H3. The number of thiophene rings is 1. The summed E-state index contributed by atoms with van der Waals surface area (Å²) in [5.74, 6) is 0.544. The summed E-state index contributed by atoms with van der Waals surface area (Å²) in [5, 5.41) is 0.874. The molecule has 0 bridgehead atoms. The molecule has 2 aromatic heterocycles. The Kier molecular flexibility index (Phi) is 3.81. The van der Waals surface area contributed by atoms with E-state index in [1.165, 1.54) is 11.3 Å². The fraction of sp³-hybridized carbons (Fsp3) is 0.176. The highest BCUT2D eigenvalue weighted by atomic mass is 32.1. The number of nitrogens with zero attached hydrogens (tertiary/aromatic N) is 1. The van der Waals surface area contributed by atoms with E-state index in [9.17, 15) is 4.79 Å². The van der Waals surface area contributed by atoms with E-state index in [1.54, 1.807) is 0 Å². The molecule has 22 heavy (non-hydrogen) atoms. The van der Waals surface area contributed by atoms with E-state index >= 15 is 0 Å². The Morgan fingerprint density at radius 1 is 1.27 bits per heavy atom. The van der Waals surface area contributed by atoms with E-state index in [0.717, 1.165) is 21.5 Å². The first-order chi connectivity index (χ1) is 10.6. The van der Waals surface area contributed by atoms with Crippen molar-refractivity contribution in [2.24, 2.45) is 0 Å². The van der Waals surface area contributed by atoms with Crippen LogP contribution in [0, 0.1) is 13.8 Å². The molecule has 0 radical (unpaired) electrons. The number of Topliss-reactive ketones (excluding diaryl/α,β-unsaturated/α-hetero) is 1. The zero-order valence-electron chi connectivity index (χ0n) is 12.4. The average Bonchev–Trinajstić information content (AvgIpc) is 2.83. The molecular weight excluding hydrogens is 296 g/mol. The van der Waals surface area contributed by atoms with E-state index in [-0.39, 0.29) is 12.4 Å². The van der Waals surface area contributed by atoms with Crippen molar-refractivity contribution in [3.05, 3.63) is 52.5 Å². The second-order valence-corrected chi connectivity index (χ2v) is 6.13. The quantitative estimate of drug-likeness (QED) is 0.745. The van der Waals surface area contributed by atoms with Crippen LogP contribution in [0.4, 0.5) is 5.69 Å². The number of benzene rings is 1. The molecule has 0 spiro atoms. The third kappa shape index (κ3) is 2.67. The summed E-state index contributed by atoms with van der Waals surface area (Å²) in [6.45, 7) is 3.89. The first-order valence-electron chi connectivity index (χ1n) is 6.93. The Balaban J connectivity index is 1.88. The number of ketones is 1. The molecule has 3 aromatic rings. The lowest BCUT2D eigenvalue weighted by atomic mass is 10.1. The summed E-state index contributed by atoms with van der Waals surface area (Å²) in [7, 11) is 0. The van der Waals surface area contributed by atoms with Crippen molar-refractivity contribution in [2.45, 2.75) is 13.8 Å². The summed E-state index contributed by atoms with van der Waals surface area (Å²) in [6, 6.07) is 11.2. The van der Waals surface area contributed by atoms with Gasteiger partial charge in [0, 0.05) is 11.1 Å². The smallest absolute Gasteiger partial charge is 0.212 e. The van der Waals surface area contributed by atoms with Crippen molar-refractivity contribution in [3.8, 4) is 5.75 Å². The molecule has 0 amide bonds. The van der Waals surface area contributed by atoms with Crippen LogP contribution in [0.1, 0.15) is 20.9 Å². The molecule has 0 saturated heterocycles. The molecule has 0 aliphatic heterocycles. The lowest BCUT2D eigenvalue weighted by Crippen LogP contribution is -2.11. The highest BCUT2D eigenvalue weighted by Gasteiger charge is 2.19. The number of pyridine rings is 1. The van der Waals surface area contributed by atoms with Crippen molar-refractivity contribution >= 4 is 33.0 Å². The zero-order valence-corrected chi connectivity index (χ0v) is 13.2. The summed E-state index contributed by atoms with van der Waals surface area (Å²) in [5.41, 5.74) is 8.62. The SMILES string of the molecule is Cc1cc(C)c2c(N)c(C(=O)COc3ccccc3)sc2n1.